The number of rotatable bonds is 5. The first-order chi connectivity index (χ1) is 14.6. The first kappa shape index (κ1) is 20.1. The number of nitrogens with one attached hydrogen (secondary N) is 1. The van der Waals surface area contributed by atoms with Gasteiger partial charge in [-0.25, -0.2) is 14.2 Å². The number of hydrogen-bond acceptors (Lipinski definition) is 5. The SMILES string of the molecule is CCOC(=O)N1CCCC(Nc2nc3cnccc3n2Cc2ccc(F)cc2)CC1. The lowest BCUT2D eigenvalue weighted by atomic mass is 10.1. The zero-order valence-corrected chi connectivity index (χ0v) is 17.1. The van der Waals surface area contributed by atoms with E-state index in [-0.39, 0.29) is 18.0 Å². The smallest absolute Gasteiger partial charge is 0.409 e. The predicted molar refractivity (Wildman–Crippen MR) is 113 cm³/mol. The highest BCUT2D eigenvalue weighted by atomic mass is 19.1. The van der Waals surface area contributed by atoms with E-state index >= 15 is 0 Å². The second-order valence-electron chi connectivity index (χ2n) is 7.47. The molecule has 2 aromatic heterocycles. The van der Waals surface area contributed by atoms with Gasteiger partial charge in [0.2, 0.25) is 5.95 Å². The molecule has 158 valence electrons. The van der Waals surface area contributed by atoms with Crippen LogP contribution in [0.25, 0.3) is 11.0 Å². The molecule has 0 radical (unpaired) electrons. The highest BCUT2D eigenvalue weighted by molar-refractivity contribution is 5.77. The quantitative estimate of drug-likeness (QED) is 0.686. The first-order valence-electron chi connectivity index (χ1n) is 10.4. The Kier molecular flexibility index (Phi) is 6.11. The molecule has 8 heteroatoms. The molecule has 0 bridgehead atoms. The average molecular weight is 411 g/mol. The van der Waals surface area contributed by atoms with Gasteiger partial charge in [-0.1, -0.05) is 12.1 Å². The van der Waals surface area contributed by atoms with Crippen LogP contribution in [0.3, 0.4) is 0 Å². The molecule has 3 aromatic rings. The molecular weight excluding hydrogens is 385 g/mol. The van der Waals surface area contributed by atoms with Crippen LogP contribution in [0, 0.1) is 5.82 Å². The van der Waals surface area contributed by atoms with E-state index in [4.69, 9.17) is 9.72 Å². The van der Waals surface area contributed by atoms with Crippen LogP contribution in [-0.4, -0.2) is 51.3 Å². The number of carbonyl (C=O) groups excluding carboxylic acids is 1. The fraction of sp³-hybridized carbons (Fsp3) is 0.409. The van der Waals surface area contributed by atoms with Crippen LogP contribution in [0.15, 0.2) is 42.7 Å². The summed E-state index contributed by atoms with van der Waals surface area (Å²) in [6, 6.07) is 8.65. The number of nitrogens with zero attached hydrogens (tertiary/aromatic N) is 4. The Morgan fingerprint density at radius 3 is 2.87 bits per heavy atom. The molecular formula is C22H26FN5O2. The van der Waals surface area contributed by atoms with Gasteiger partial charge in [-0.05, 0) is 49.9 Å². The van der Waals surface area contributed by atoms with Gasteiger partial charge in [0.1, 0.15) is 11.3 Å². The van der Waals surface area contributed by atoms with Crippen molar-refractivity contribution in [3.05, 3.63) is 54.1 Å². The third-order valence-electron chi connectivity index (χ3n) is 5.39. The number of pyridine rings is 1. The molecule has 7 nitrogen and oxygen atoms in total. The van der Waals surface area contributed by atoms with Crippen LogP contribution >= 0.6 is 0 Å². The Morgan fingerprint density at radius 1 is 1.23 bits per heavy atom. The molecule has 1 fully saturated rings. The minimum absolute atomic E-state index is 0.196. The summed E-state index contributed by atoms with van der Waals surface area (Å²) < 4.78 is 20.5. The van der Waals surface area contributed by atoms with Crippen molar-refractivity contribution in [1.82, 2.24) is 19.4 Å². The number of anilines is 1. The number of ether oxygens (including phenoxy) is 1. The average Bonchev–Trinajstić information content (AvgIpc) is 2.92. The summed E-state index contributed by atoms with van der Waals surface area (Å²) in [4.78, 5) is 22.8. The molecule has 0 aliphatic carbocycles. The molecule has 1 saturated heterocycles. The lowest BCUT2D eigenvalue weighted by Crippen LogP contribution is -2.33. The summed E-state index contributed by atoms with van der Waals surface area (Å²) in [5.41, 5.74) is 2.77. The maximum absolute atomic E-state index is 13.3. The van der Waals surface area contributed by atoms with Gasteiger partial charge in [0.25, 0.3) is 0 Å². The molecule has 1 unspecified atom stereocenters. The molecule has 1 aromatic carbocycles. The maximum Gasteiger partial charge on any atom is 0.409 e. The van der Waals surface area contributed by atoms with Gasteiger partial charge in [0.15, 0.2) is 0 Å². The number of benzene rings is 1. The van der Waals surface area contributed by atoms with E-state index in [0.29, 0.717) is 26.2 Å². The van der Waals surface area contributed by atoms with E-state index in [1.165, 1.54) is 12.1 Å². The van der Waals surface area contributed by atoms with Crippen molar-refractivity contribution in [3.63, 3.8) is 0 Å². The largest absolute Gasteiger partial charge is 0.450 e. The van der Waals surface area contributed by atoms with Gasteiger partial charge in [-0.2, -0.15) is 0 Å². The standard InChI is InChI=1S/C22H26FN5O2/c1-2-30-22(29)27-12-3-4-18(10-13-27)25-21-26-19-14-24-11-9-20(19)28(21)15-16-5-7-17(23)8-6-16/h5-9,11,14,18H,2-4,10,12-13,15H2,1H3,(H,25,26). The van der Waals surface area contributed by atoms with Crippen LogP contribution in [0.4, 0.5) is 15.1 Å². The normalized spacial score (nSPS) is 17.0. The summed E-state index contributed by atoms with van der Waals surface area (Å²) in [7, 11) is 0. The fourth-order valence-corrected chi connectivity index (χ4v) is 3.84. The number of likely N-dealkylation sites (tertiary alicyclic amines) is 1. The first-order valence-corrected chi connectivity index (χ1v) is 10.4. The number of carbonyl (C=O) groups is 1. The van der Waals surface area contributed by atoms with E-state index in [1.807, 2.05) is 13.0 Å². The van der Waals surface area contributed by atoms with Crippen LogP contribution in [-0.2, 0) is 11.3 Å². The van der Waals surface area contributed by atoms with E-state index < -0.39 is 0 Å². The van der Waals surface area contributed by atoms with Gasteiger partial charge in [0.05, 0.1) is 24.9 Å². The second kappa shape index (κ2) is 9.11. The number of amides is 1. The van der Waals surface area contributed by atoms with Gasteiger partial charge in [0, 0.05) is 25.3 Å². The van der Waals surface area contributed by atoms with Crippen molar-refractivity contribution in [2.75, 3.05) is 25.0 Å². The number of hydrogen-bond donors (Lipinski definition) is 1. The lowest BCUT2D eigenvalue weighted by molar-refractivity contribution is 0.108. The molecule has 0 spiro atoms. The topological polar surface area (TPSA) is 72.3 Å². The van der Waals surface area contributed by atoms with Gasteiger partial charge in [-0.3, -0.25) is 4.98 Å². The van der Waals surface area contributed by atoms with Crippen molar-refractivity contribution in [2.24, 2.45) is 0 Å². The number of fused-ring (bicyclic) bond motifs is 1. The van der Waals surface area contributed by atoms with Gasteiger partial charge >= 0.3 is 6.09 Å². The van der Waals surface area contributed by atoms with Crippen molar-refractivity contribution < 1.29 is 13.9 Å². The zero-order valence-electron chi connectivity index (χ0n) is 17.1. The fourth-order valence-electron chi connectivity index (χ4n) is 3.84. The van der Waals surface area contributed by atoms with Crippen LogP contribution in [0.1, 0.15) is 31.7 Å². The molecule has 0 saturated carbocycles. The van der Waals surface area contributed by atoms with Crippen molar-refractivity contribution in [1.29, 1.82) is 0 Å². The number of halogens is 1. The Labute approximate surface area is 174 Å². The zero-order chi connectivity index (χ0) is 20.9. The minimum atomic E-state index is -0.249. The third-order valence-corrected chi connectivity index (χ3v) is 5.39. The number of aromatic nitrogens is 3. The lowest BCUT2D eigenvalue weighted by Gasteiger charge is -2.20. The van der Waals surface area contributed by atoms with Crippen LogP contribution in [0.5, 0.6) is 0 Å². The highest BCUT2D eigenvalue weighted by Gasteiger charge is 2.23. The Balaban J connectivity index is 1.53. The third kappa shape index (κ3) is 4.53. The van der Waals surface area contributed by atoms with Gasteiger partial charge in [-0.15, -0.1) is 0 Å². The summed E-state index contributed by atoms with van der Waals surface area (Å²) in [6.45, 7) is 4.13. The monoisotopic (exact) mass is 411 g/mol. The van der Waals surface area contributed by atoms with E-state index in [0.717, 1.165) is 41.8 Å². The molecule has 1 aliphatic rings. The van der Waals surface area contributed by atoms with E-state index in [9.17, 15) is 9.18 Å². The summed E-state index contributed by atoms with van der Waals surface area (Å²) in [6.07, 6.45) is 5.91. The summed E-state index contributed by atoms with van der Waals surface area (Å²) >= 11 is 0. The molecule has 1 aliphatic heterocycles. The van der Waals surface area contributed by atoms with E-state index in [1.54, 1.807) is 29.4 Å². The molecule has 30 heavy (non-hydrogen) atoms. The Bertz CT molecular complexity index is 1000. The molecule has 1 N–H and O–H groups in total. The second-order valence-corrected chi connectivity index (χ2v) is 7.47. The van der Waals surface area contributed by atoms with E-state index in [2.05, 4.69) is 14.9 Å². The van der Waals surface area contributed by atoms with Crippen molar-refractivity contribution in [3.8, 4) is 0 Å². The number of imidazole rings is 1. The van der Waals surface area contributed by atoms with Crippen LogP contribution in [0.2, 0.25) is 0 Å². The van der Waals surface area contributed by atoms with Crippen molar-refractivity contribution in [2.45, 2.75) is 38.8 Å². The molecule has 1 atom stereocenters. The van der Waals surface area contributed by atoms with Crippen LogP contribution < -0.4 is 5.32 Å². The molecule has 4 rings (SSSR count). The summed E-state index contributed by atoms with van der Waals surface area (Å²) in [5, 5.41) is 3.57. The van der Waals surface area contributed by atoms with Gasteiger partial charge < -0.3 is 19.5 Å². The maximum atomic E-state index is 13.3. The molecule has 3 heterocycles. The Morgan fingerprint density at radius 2 is 2.07 bits per heavy atom. The molecule has 1 amide bonds. The van der Waals surface area contributed by atoms with Crippen molar-refractivity contribution >= 4 is 23.1 Å². The predicted octanol–water partition coefficient (Wildman–Crippen LogP) is 4.04. The minimum Gasteiger partial charge on any atom is -0.450 e. The Hall–Kier alpha value is -3.16. The summed E-state index contributed by atoms with van der Waals surface area (Å²) in [5.74, 6) is 0.512. The highest BCUT2D eigenvalue weighted by Crippen LogP contribution is 2.23.